The van der Waals surface area contributed by atoms with E-state index in [0.717, 1.165) is 4.90 Å². The molecule has 7 nitrogen and oxygen atoms in total. The van der Waals surface area contributed by atoms with Crippen molar-refractivity contribution in [2.24, 2.45) is 5.73 Å². The van der Waals surface area contributed by atoms with Crippen molar-refractivity contribution in [2.45, 2.75) is 0 Å². The Labute approximate surface area is 119 Å². The first kappa shape index (κ1) is 15.8. The van der Waals surface area contributed by atoms with E-state index >= 15 is 0 Å². The Bertz CT molecular complexity index is 487. The second-order valence-corrected chi connectivity index (χ2v) is 4.29. The molecule has 0 unspecified atom stereocenters. The molecule has 0 bridgehead atoms. The Morgan fingerprint density at radius 1 is 1.20 bits per heavy atom. The van der Waals surface area contributed by atoms with Crippen LogP contribution in [0.1, 0.15) is 0 Å². The van der Waals surface area contributed by atoms with Gasteiger partial charge in [-0.2, -0.15) is 0 Å². The van der Waals surface area contributed by atoms with Gasteiger partial charge in [-0.1, -0.05) is 11.6 Å². The van der Waals surface area contributed by atoms with Crippen LogP contribution in [0.25, 0.3) is 0 Å². The minimum Gasteiger partial charge on any atom is -0.484 e. The first-order valence-electron chi connectivity index (χ1n) is 5.54. The number of halogens is 1. The van der Waals surface area contributed by atoms with Gasteiger partial charge < -0.3 is 20.5 Å². The highest BCUT2D eigenvalue weighted by molar-refractivity contribution is 6.30. The summed E-state index contributed by atoms with van der Waals surface area (Å²) in [5.41, 5.74) is 4.95. The molecule has 2 amide bonds. The Morgan fingerprint density at radius 2 is 1.80 bits per heavy atom. The summed E-state index contributed by atoms with van der Waals surface area (Å²) in [5.74, 6) is -2.30. The zero-order chi connectivity index (χ0) is 15.1. The van der Waals surface area contributed by atoms with Gasteiger partial charge in [0, 0.05) is 5.02 Å². The Kier molecular flexibility index (Phi) is 5.79. The maximum absolute atomic E-state index is 11.8. The fraction of sp³-hybridized carbons (Fsp3) is 0.250. The summed E-state index contributed by atoms with van der Waals surface area (Å²) in [7, 11) is 0. The number of primary amides is 1. The van der Waals surface area contributed by atoms with Crippen molar-refractivity contribution in [3.63, 3.8) is 0 Å². The van der Waals surface area contributed by atoms with E-state index in [1.165, 1.54) is 0 Å². The van der Waals surface area contributed by atoms with Crippen LogP contribution in [0, 0.1) is 0 Å². The van der Waals surface area contributed by atoms with E-state index in [-0.39, 0.29) is 0 Å². The lowest BCUT2D eigenvalue weighted by molar-refractivity contribution is -0.146. The summed E-state index contributed by atoms with van der Waals surface area (Å²) in [4.78, 5) is 34.0. The zero-order valence-corrected chi connectivity index (χ0v) is 11.2. The summed E-state index contributed by atoms with van der Waals surface area (Å²) in [6.45, 7) is -1.50. The van der Waals surface area contributed by atoms with Gasteiger partial charge in [-0.15, -0.1) is 0 Å². The van der Waals surface area contributed by atoms with Gasteiger partial charge in [0.05, 0.1) is 0 Å². The summed E-state index contributed by atoms with van der Waals surface area (Å²) in [5, 5.41) is 9.18. The number of nitrogens with zero attached hydrogens (tertiary/aromatic N) is 1. The molecule has 3 N–H and O–H groups in total. The van der Waals surface area contributed by atoms with Crippen molar-refractivity contribution < 1.29 is 24.2 Å². The van der Waals surface area contributed by atoms with Gasteiger partial charge >= 0.3 is 5.97 Å². The number of carbonyl (C=O) groups excluding carboxylic acids is 2. The van der Waals surface area contributed by atoms with Gasteiger partial charge in [0.2, 0.25) is 5.91 Å². The van der Waals surface area contributed by atoms with Crippen LogP contribution < -0.4 is 10.5 Å². The largest absolute Gasteiger partial charge is 0.484 e. The first-order valence-corrected chi connectivity index (χ1v) is 5.92. The van der Waals surface area contributed by atoms with Gasteiger partial charge in [-0.25, -0.2) is 0 Å². The fourth-order valence-electron chi connectivity index (χ4n) is 1.35. The van der Waals surface area contributed by atoms with E-state index in [9.17, 15) is 14.4 Å². The van der Waals surface area contributed by atoms with Crippen molar-refractivity contribution in [2.75, 3.05) is 19.7 Å². The van der Waals surface area contributed by atoms with E-state index < -0.39 is 37.5 Å². The lowest BCUT2D eigenvalue weighted by Crippen LogP contribution is -2.43. The molecule has 1 aromatic rings. The molecule has 0 saturated carbocycles. The predicted octanol–water partition coefficient (Wildman–Crippen LogP) is 0.117. The number of amides is 2. The number of aliphatic carboxylic acids is 1. The summed E-state index contributed by atoms with van der Waals surface area (Å²) in [6.07, 6.45) is 0. The molecule has 1 aromatic carbocycles. The van der Waals surface area contributed by atoms with Crippen molar-refractivity contribution in [3.05, 3.63) is 29.3 Å². The van der Waals surface area contributed by atoms with Crippen molar-refractivity contribution in [3.8, 4) is 5.75 Å². The first-order chi connectivity index (χ1) is 9.38. The van der Waals surface area contributed by atoms with Crippen LogP contribution in [-0.2, 0) is 14.4 Å². The van der Waals surface area contributed by atoms with Crippen molar-refractivity contribution >= 4 is 29.4 Å². The Hall–Kier alpha value is -2.28. The second-order valence-electron chi connectivity index (χ2n) is 3.85. The second kappa shape index (κ2) is 7.34. The molecule has 0 heterocycles. The van der Waals surface area contributed by atoms with Gasteiger partial charge in [-0.3, -0.25) is 14.4 Å². The molecule has 0 fully saturated rings. The average Bonchev–Trinajstić information content (AvgIpc) is 2.36. The van der Waals surface area contributed by atoms with E-state index in [4.69, 9.17) is 27.2 Å². The Morgan fingerprint density at radius 3 is 2.30 bits per heavy atom. The number of carbonyl (C=O) groups is 3. The zero-order valence-electron chi connectivity index (χ0n) is 10.4. The van der Waals surface area contributed by atoms with Crippen LogP contribution in [0.15, 0.2) is 24.3 Å². The van der Waals surface area contributed by atoms with E-state index in [1.54, 1.807) is 24.3 Å². The normalized spacial score (nSPS) is 9.85. The average molecular weight is 301 g/mol. The molecule has 8 heteroatoms. The molecule has 1 rings (SSSR count). The van der Waals surface area contributed by atoms with Crippen LogP contribution in [0.4, 0.5) is 0 Å². The third-order valence-electron chi connectivity index (χ3n) is 2.20. The summed E-state index contributed by atoms with van der Waals surface area (Å²) < 4.78 is 5.17. The summed E-state index contributed by atoms with van der Waals surface area (Å²) >= 11 is 5.69. The minimum atomic E-state index is -1.24. The van der Waals surface area contributed by atoms with Gasteiger partial charge in [0.1, 0.15) is 18.8 Å². The number of nitrogens with two attached hydrogens (primary N) is 1. The number of carboxylic acid groups (broad SMARTS) is 1. The number of carboxylic acids is 1. The minimum absolute atomic E-state index is 0.400. The van der Waals surface area contributed by atoms with Crippen LogP contribution in [0.2, 0.25) is 5.02 Å². The quantitative estimate of drug-likeness (QED) is 0.743. The molecule has 0 aliphatic heterocycles. The summed E-state index contributed by atoms with van der Waals surface area (Å²) in [6, 6.07) is 6.29. The predicted molar refractivity (Wildman–Crippen MR) is 70.4 cm³/mol. The van der Waals surface area contributed by atoms with Crippen molar-refractivity contribution in [1.82, 2.24) is 4.90 Å². The van der Waals surface area contributed by atoms with Crippen LogP contribution in [-0.4, -0.2) is 47.5 Å². The van der Waals surface area contributed by atoms with Crippen LogP contribution in [0.5, 0.6) is 5.75 Å². The van der Waals surface area contributed by atoms with E-state index in [1.807, 2.05) is 0 Å². The van der Waals surface area contributed by atoms with Gasteiger partial charge in [-0.05, 0) is 24.3 Å². The third kappa shape index (κ3) is 5.57. The third-order valence-corrected chi connectivity index (χ3v) is 2.45. The molecule has 0 aliphatic carbocycles. The standard InChI is InChI=1S/C12H13ClN2O5/c13-8-1-3-9(4-2-8)20-7-11(17)15(5-10(14)16)6-12(18)19/h1-4H,5-7H2,(H2,14,16)(H,18,19). The Balaban J connectivity index is 2.58. The molecule has 108 valence electrons. The van der Waals surface area contributed by atoms with Gasteiger partial charge in [0.25, 0.3) is 5.91 Å². The molecule has 0 radical (unpaired) electrons. The molecular weight excluding hydrogens is 288 g/mol. The number of ether oxygens (including phenoxy) is 1. The maximum atomic E-state index is 11.8. The number of rotatable bonds is 7. The molecule has 0 saturated heterocycles. The number of benzene rings is 1. The lowest BCUT2D eigenvalue weighted by atomic mass is 10.3. The van der Waals surface area contributed by atoms with E-state index in [2.05, 4.69) is 0 Å². The number of hydrogen-bond acceptors (Lipinski definition) is 4. The highest BCUT2D eigenvalue weighted by Crippen LogP contribution is 2.15. The van der Waals surface area contributed by atoms with Gasteiger partial charge in [0.15, 0.2) is 6.61 Å². The molecule has 0 aromatic heterocycles. The van der Waals surface area contributed by atoms with Crippen molar-refractivity contribution in [1.29, 1.82) is 0 Å². The van der Waals surface area contributed by atoms with Crippen LogP contribution in [0.3, 0.4) is 0 Å². The number of hydrogen-bond donors (Lipinski definition) is 2. The fourth-order valence-corrected chi connectivity index (χ4v) is 1.48. The monoisotopic (exact) mass is 300 g/mol. The lowest BCUT2D eigenvalue weighted by Gasteiger charge is -2.19. The molecule has 20 heavy (non-hydrogen) atoms. The van der Waals surface area contributed by atoms with Crippen LogP contribution >= 0.6 is 11.6 Å². The molecule has 0 aliphatic rings. The topological polar surface area (TPSA) is 110 Å². The molecule has 0 spiro atoms. The maximum Gasteiger partial charge on any atom is 0.323 e. The molecular formula is C12H13ClN2O5. The van der Waals surface area contributed by atoms with E-state index in [0.29, 0.717) is 10.8 Å². The highest BCUT2D eigenvalue weighted by atomic mass is 35.5. The highest BCUT2D eigenvalue weighted by Gasteiger charge is 2.19. The smallest absolute Gasteiger partial charge is 0.323 e. The molecule has 0 atom stereocenters. The SMILES string of the molecule is NC(=O)CN(CC(=O)O)C(=O)COc1ccc(Cl)cc1.